The lowest BCUT2D eigenvalue weighted by atomic mass is 9.95. The third-order valence-electron chi connectivity index (χ3n) is 4.88. The Balaban J connectivity index is 1.87. The number of hydrogen-bond acceptors (Lipinski definition) is 2. The minimum Gasteiger partial charge on any atom is -0.293 e. The van der Waals surface area contributed by atoms with E-state index in [1.807, 2.05) is 0 Å². The van der Waals surface area contributed by atoms with Crippen molar-refractivity contribution in [3.05, 3.63) is 71.8 Å². The normalized spacial score (nSPS) is 23.5. The highest BCUT2D eigenvalue weighted by Gasteiger charge is 2.33. The summed E-state index contributed by atoms with van der Waals surface area (Å²) in [6, 6.07) is 22.9. The Labute approximate surface area is 134 Å². The average molecular weight is 294 g/mol. The van der Waals surface area contributed by atoms with Gasteiger partial charge in [0.1, 0.15) is 0 Å². The van der Waals surface area contributed by atoms with E-state index in [0.717, 1.165) is 26.2 Å². The molecule has 1 heterocycles. The van der Waals surface area contributed by atoms with E-state index in [1.165, 1.54) is 11.1 Å². The molecule has 1 aliphatic rings. The van der Waals surface area contributed by atoms with Gasteiger partial charge in [-0.15, -0.1) is 0 Å². The SMILES string of the molecule is CCN1C[C@@H](c2ccccc2)N(CC)C[C@H]1c1ccccc1. The summed E-state index contributed by atoms with van der Waals surface area (Å²) < 4.78 is 0. The Morgan fingerprint density at radius 3 is 1.36 bits per heavy atom. The summed E-state index contributed by atoms with van der Waals surface area (Å²) in [5.74, 6) is 0. The predicted octanol–water partition coefficient (Wildman–Crippen LogP) is 4.13. The Kier molecular flexibility index (Phi) is 4.91. The molecule has 0 bridgehead atoms. The number of nitrogens with zero attached hydrogens (tertiary/aromatic N) is 2. The van der Waals surface area contributed by atoms with Gasteiger partial charge in [0.2, 0.25) is 0 Å². The summed E-state index contributed by atoms with van der Waals surface area (Å²) in [5.41, 5.74) is 2.88. The van der Waals surface area contributed by atoms with Crippen LogP contribution in [0.25, 0.3) is 0 Å². The lowest BCUT2D eigenvalue weighted by Gasteiger charge is -2.46. The molecule has 0 unspecified atom stereocenters. The third-order valence-corrected chi connectivity index (χ3v) is 4.88. The van der Waals surface area contributed by atoms with E-state index in [4.69, 9.17) is 0 Å². The molecular formula is C20H26N2. The second-order valence-corrected chi connectivity index (χ2v) is 6.03. The first-order valence-corrected chi connectivity index (χ1v) is 8.41. The fraction of sp³-hybridized carbons (Fsp3) is 0.400. The zero-order valence-corrected chi connectivity index (χ0v) is 13.7. The molecule has 2 nitrogen and oxygen atoms in total. The number of rotatable bonds is 4. The first-order valence-electron chi connectivity index (χ1n) is 8.41. The summed E-state index contributed by atoms with van der Waals surface area (Å²) in [7, 11) is 0. The first kappa shape index (κ1) is 15.3. The van der Waals surface area contributed by atoms with Gasteiger partial charge in [-0.1, -0.05) is 74.5 Å². The molecule has 1 fully saturated rings. The summed E-state index contributed by atoms with van der Waals surface area (Å²) >= 11 is 0. The van der Waals surface area contributed by atoms with E-state index < -0.39 is 0 Å². The fourth-order valence-corrected chi connectivity index (χ4v) is 3.61. The molecule has 0 aliphatic carbocycles. The van der Waals surface area contributed by atoms with E-state index >= 15 is 0 Å². The van der Waals surface area contributed by atoms with E-state index in [0.29, 0.717) is 12.1 Å². The smallest absolute Gasteiger partial charge is 0.0476 e. The molecule has 2 aromatic carbocycles. The van der Waals surface area contributed by atoms with Crippen LogP contribution in [0.4, 0.5) is 0 Å². The lowest BCUT2D eigenvalue weighted by molar-refractivity contribution is 0.0329. The van der Waals surface area contributed by atoms with Crippen LogP contribution in [0.15, 0.2) is 60.7 Å². The van der Waals surface area contributed by atoms with Gasteiger partial charge < -0.3 is 0 Å². The third kappa shape index (κ3) is 3.08. The van der Waals surface area contributed by atoms with E-state index in [2.05, 4.69) is 84.3 Å². The minimum atomic E-state index is 0.506. The van der Waals surface area contributed by atoms with Gasteiger partial charge in [-0.25, -0.2) is 0 Å². The Hall–Kier alpha value is -1.64. The molecule has 1 aliphatic heterocycles. The molecule has 116 valence electrons. The summed E-state index contributed by atoms with van der Waals surface area (Å²) in [6.07, 6.45) is 0. The first-order chi connectivity index (χ1) is 10.8. The van der Waals surface area contributed by atoms with Crippen LogP contribution in [-0.4, -0.2) is 36.0 Å². The molecule has 3 rings (SSSR count). The van der Waals surface area contributed by atoms with Gasteiger partial charge in [-0.05, 0) is 24.2 Å². The van der Waals surface area contributed by atoms with Gasteiger partial charge in [-0.2, -0.15) is 0 Å². The van der Waals surface area contributed by atoms with E-state index in [1.54, 1.807) is 0 Å². The van der Waals surface area contributed by atoms with Crippen LogP contribution in [0, 0.1) is 0 Å². The monoisotopic (exact) mass is 294 g/mol. The Morgan fingerprint density at radius 1 is 0.682 bits per heavy atom. The molecular weight excluding hydrogens is 268 g/mol. The van der Waals surface area contributed by atoms with Crippen molar-refractivity contribution >= 4 is 0 Å². The highest BCUT2D eigenvalue weighted by molar-refractivity contribution is 5.24. The van der Waals surface area contributed by atoms with E-state index in [-0.39, 0.29) is 0 Å². The van der Waals surface area contributed by atoms with Crippen molar-refractivity contribution < 1.29 is 0 Å². The van der Waals surface area contributed by atoms with Crippen LogP contribution in [0.3, 0.4) is 0 Å². The van der Waals surface area contributed by atoms with Crippen LogP contribution < -0.4 is 0 Å². The quantitative estimate of drug-likeness (QED) is 0.836. The number of likely N-dealkylation sites (N-methyl/N-ethyl adjacent to an activating group) is 2. The molecule has 22 heavy (non-hydrogen) atoms. The van der Waals surface area contributed by atoms with Gasteiger partial charge in [0.25, 0.3) is 0 Å². The fourth-order valence-electron chi connectivity index (χ4n) is 3.61. The van der Waals surface area contributed by atoms with Crippen LogP contribution in [0.5, 0.6) is 0 Å². The molecule has 0 spiro atoms. The molecule has 0 radical (unpaired) electrons. The second-order valence-electron chi connectivity index (χ2n) is 6.03. The van der Waals surface area contributed by atoms with Gasteiger partial charge in [-0.3, -0.25) is 9.80 Å². The largest absolute Gasteiger partial charge is 0.293 e. The number of piperazine rings is 1. The second kappa shape index (κ2) is 7.08. The summed E-state index contributed by atoms with van der Waals surface area (Å²) in [6.45, 7) is 8.96. The molecule has 0 aromatic heterocycles. The van der Waals surface area contributed by atoms with Crippen molar-refractivity contribution in [3.8, 4) is 0 Å². The van der Waals surface area contributed by atoms with Crippen molar-refractivity contribution in [2.24, 2.45) is 0 Å². The van der Waals surface area contributed by atoms with Crippen LogP contribution in [0.1, 0.15) is 37.1 Å². The minimum absolute atomic E-state index is 0.506. The summed E-state index contributed by atoms with van der Waals surface area (Å²) in [4.78, 5) is 5.25. The van der Waals surface area contributed by atoms with Crippen LogP contribution in [-0.2, 0) is 0 Å². The molecule has 0 N–H and O–H groups in total. The van der Waals surface area contributed by atoms with Crippen molar-refractivity contribution in [2.75, 3.05) is 26.2 Å². The standard InChI is InChI=1S/C20H26N2/c1-3-21-15-20(18-13-9-6-10-14-18)22(4-2)16-19(21)17-11-7-5-8-12-17/h5-14,19-20H,3-4,15-16H2,1-2H3/t19-,20-/m0/s1. The zero-order valence-electron chi connectivity index (χ0n) is 13.7. The molecule has 1 saturated heterocycles. The lowest BCUT2D eigenvalue weighted by Crippen LogP contribution is -2.49. The molecule has 2 atom stereocenters. The maximum Gasteiger partial charge on any atom is 0.0476 e. The topological polar surface area (TPSA) is 6.48 Å². The van der Waals surface area contributed by atoms with Crippen molar-refractivity contribution in [2.45, 2.75) is 25.9 Å². The zero-order chi connectivity index (χ0) is 15.4. The van der Waals surface area contributed by atoms with Gasteiger partial charge in [0.15, 0.2) is 0 Å². The maximum atomic E-state index is 2.62. The maximum absolute atomic E-state index is 2.62. The van der Waals surface area contributed by atoms with Gasteiger partial charge in [0.05, 0.1) is 0 Å². The Bertz CT molecular complexity index is 513. The van der Waals surface area contributed by atoms with Crippen LogP contribution in [0.2, 0.25) is 0 Å². The van der Waals surface area contributed by atoms with E-state index in [9.17, 15) is 0 Å². The van der Waals surface area contributed by atoms with Crippen molar-refractivity contribution in [1.29, 1.82) is 0 Å². The van der Waals surface area contributed by atoms with Crippen LogP contribution >= 0.6 is 0 Å². The summed E-state index contributed by atoms with van der Waals surface area (Å²) in [5, 5.41) is 0. The molecule has 2 aromatic rings. The molecule has 0 saturated carbocycles. The molecule has 0 amide bonds. The predicted molar refractivity (Wildman–Crippen MR) is 92.9 cm³/mol. The number of benzene rings is 2. The van der Waals surface area contributed by atoms with Gasteiger partial charge >= 0.3 is 0 Å². The Morgan fingerprint density at radius 2 is 1.05 bits per heavy atom. The average Bonchev–Trinajstić information content (AvgIpc) is 2.62. The highest BCUT2D eigenvalue weighted by atomic mass is 15.3. The van der Waals surface area contributed by atoms with Crippen molar-refractivity contribution in [3.63, 3.8) is 0 Å². The van der Waals surface area contributed by atoms with Crippen molar-refractivity contribution in [1.82, 2.24) is 9.80 Å². The molecule has 2 heteroatoms. The van der Waals surface area contributed by atoms with Gasteiger partial charge in [0, 0.05) is 25.2 Å². The highest BCUT2D eigenvalue weighted by Crippen LogP contribution is 2.34. The number of hydrogen-bond donors (Lipinski definition) is 0.